The molecule has 3 atom stereocenters. The van der Waals surface area contributed by atoms with Crippen LogP contribution in [0.2, 0.25) is 0 Å². The number of esters is 1. The summed E-state index contributed by atoms with van der Waals surface area (Å²) in [5, 5.41) is 0.617. The van der Waals surface area contributed by atoms with Crippen LogP contribution in [-0.2, 0) is 20.6 Å². The molecule has 5 rings (SSSR count). The third-order valence-electron chi connectivity index (χ3n) is 5.28. The Bertz CT molecular complexity index is 1010. The second-order valence-electron chi connectivity index (χ2n) is 6.67. The molecule has 0 saturated carbocycles. The summed E-state index contributed by atoms with van der Waals surface area (Å²) >= 11 is 0. The van der Waals surface area contributed by atoms with Crippen LogP contribution >= 0.6 is 0 Å². The SMILES string of the molecule is CCOC1CC2c3c(cc(OC)c4c5c(c(=O)oc34)C(=O)OCC5)OC2O1. The van der Waals surface area contributed by atoms with Crippen LogP contribution in [0.1, 0.15) is 40.7 Å². The predicted octanol–water partition coefficient (Wildman–Crippen LogP) is 2.10. The topological polar surface area (TPSA) is 93.4 Å². The maximum atomic E-state index is 12.5. The van der Waals surface area contributed by atoms with Crippen molar-refractivity contribution in [2.75, 3.05) is 20.3 Å². The van der Waals surface area contributed by atoms with E-state index in [1.54, 1.807) is 6.07 Å². The molecule has 1 saturated heterocycles. The summed E-state index contributed by atoms with van der Waals surface area (Å²) in [6, 6.07) is 1.76. The molecular weight excluding hydrogens is 356 g/mol. The number of benzene rings is 1. The largest absolute Gasteiger partial charge is 0.496 e. The minimum Gasteiger partial charge on any atom is -0.496 e. The van der Waals surface area contributed by atoms with Crippen molar-refractivity contribution in [3.63, 3.8) is 0 Å². The van der Waals surface area contributed by atoms with Gasteiger partial charge in [-0.2, -0.15) is 0 Å². The molecule has 1 fully saturated rings. The Hall–Kier alpha value is -2.58. The highest BCUT2D eigenvalue weighted by Crippen LogP contribution is 2.52. The molecule has 3 aliphatic rings. The smallest absolute Gasteiger partial charge is 0.351 e. The van der Waals surface area contributed by atoms with E-state index in [0.29, 0.717) is 47.5 Å². The Morgan fingerprint density at radius 3 is 2.93 bits per heavy atom. The Morgan fingerprint density at radius 1 is 1.30 bits per heavy atom. The summed E-state index contributed by atoms with van der Waals surface area (Å²) in [5.74, 6) is 0.261. The first-order valence-corrected chi connectivity index (χ1v) is 8.93. The van der Waals surface area contributed by atoms with Crippen molar-refractivity contribution in [3.8, 4) is 11.5 Å². The summed E-state index contributed by atoms with van der Waals surface area (Å²) < 4.78 is 33.4. The van der Waals surface area contributed by atoms with Gasteiger partial charge in [-0.3, -0.25) is 0 Å². The lowest BCUT2D eigenvalue weighted by Crippen LogP contribution is -2.26. The number of hydrogen-bond acceptors (Lipinski definition) is 8. The zero-order valence-electron chi connectivity index (χ0n) is 14.9. The second kappa shape index (κ2) is 5.97. The van der Waals surface area contributed by atoms with E-state index < -0.39 is 17.9 Å². The number of carbonyl (C=O) groups is 1. The number of cyclic esters (lactones) is 1. The normalized spacial score (nSPS) is 25.6. The van der Waals surface area contributed by atoms with Crippen LogP contribution in [0, 0.1) is 0 Å². The summed E-state index contributed by atoms with van der Waals surface area (Å²) in [6.07, 6.45) is 0.147. The predicted molar refractivity (Wildman–Crippen MR) is 91.3 cm³/mol. The van der Waals surface area contributed by atoms with Gasteiger partial charge in [0.25, 0.3) is 0 Å². The van der Waals surface area contributed by atoms with Gasteiger partial charge < -0.3 is 28.1 Å². The quantitative estimate of drug-likeness (QED) is 0.596. The van der Waals surface area contributed by atoms with Crippen molar-refractivity contribution in [1.82, 2.24) is 0 Å². The van der Waals surface area contributed by atoms with E-state index in [1.807, 2.05) is 6.92 Å². The maximum Gasteiger partial charge on any atom is 0.351 e. The molecule has 3 unspecified atom stereocenters. The molecule has 4 heterocycles. The lowest BCUT2D eigenvalue weighted by atomic mass is 9.92. The van der Waals surface area contributed by atoms with Crippen LogP contribution in [-0.4, -0.2) is 38.9 Å². The fourth-order valence-corrected chi connectivity index (χ4v) is 4.20. The van der Waals surface area contributed by atoms with Crippen LogP contribution in [0.3, 0.4) is 0 Å². The van der Waals surface area contributed by atoms with Gasteiger partial charge in [-0.05, 0) is 12.5 Å². The number of carbonyl (C=O) groups excluding carboxylic acids is 1. The molecule has 0 bridgehead atoms. The molecule has 1 aromatic heterocycles. The molecule has 2 aromatic rings. The first kappa shape index (κ1) is 16.6. The van der Waals surface area contributed by atoms with Crippen molar-refractivity contribution < 1.29 is 32.9 Å². The molecule has 0 amide bonds. The monoisotopic (exact) mass is 374 g/mol. The van der Waals surface area contributed by atoms with E-state index in [2.05, 4.69) is 0 Å². The molecule has 0 spiro atoms. The molecule has 142 valence electrons. The minimum atomic E-state index is -0.707. The number of fused-ring (bicyclic) bond motifs is 7. The molecular formula is C19H18O8. The van der Waals surface area contributed by atoms with E-state index in [1.165, 1.54) is 7.11 Å². The third kappa shape index (κ3) is 2.30. The van der Waals surface area contributed by atoms with Gasteiger partial charge in [0.15, 0.2) is 6.29 Å². The van der Waals surface area contributed by atoms with Crippen molar-refractivity contribution in [2.45, 2.75) is 38.3 Å². The Morgan fingerprint density at radius 2 is 2.15 bits per heavy atom. The van der Waals surface area contributed by atoms with Crippen molar-refractivity contribution in [3.05, 3.63) is 33.2 Å². The number of hydrogen-bond donors (Lipinski definition) is 0. The van der Waals surface area contributed by atoms with Gasteiger partial charge in [0, 0.05) is 31.1 Å². The van der Waals surface area contributed by atoms with Crippen molar-refractivity contribution in [2.24, 2.45) is 0 Å². The number of rotatable bonds is 3. The fraction of sp³-hybridized carbons (Fsp3) is 0.474. The Balaban J connectivity index is 1.76. The van der Waals surface area contributed by atoms with E-state index in [4.69, 9.17) is 28.1 Å². The molecule has 8 heteroatoms. The molecule has 0 N–H and O–H groups in total. The second-order valence-corrected chi connectivity index (χ2v) is 6.67. The average molecular weight is 374 g/mol. The highest BCUT2D eigenvalue weighted by molar-refractivity contribution is 6.01. The van der Waals surface area contributed by atoms with Gasteiger partial charge in [0.1, 0.15) is 22.6 Å². The zero-order chi connectivity index (χ0) is 18.7. The van der Waals surface area contributed by atoms with Gasteiger partial charge in [-0.1, -0.05) is 0 Å². The lowest BCUT2D eigenvalue weighted by molar-refractivity contribution is -0.172. The molecule has 0 radical (unpaired) electrons. The first-order chi connectivity index (χ1) is 13.1. The highest BCUT2D eigenvalue weighted by atomic mass is 16.8. The molecule has 1 aromatic carbocycles. The van der Waals surface area contributed by atoms with Gasteiger partial charge >= 0.3 is 11.6 Å². The lowest BCUT2D eigenvalue weighted by Gasteiger charge is -2.19. The summed E-state index contributed by atoms with van der Waals surface area (Å²) in [6.45, 7) is 2.64. The van der Waals surface area contributed by atoms with Crippen LogP contribution in [0.5, 0.6) is 11.5 Å². The number of ether oxygens (including phenoxy) is 5. The average Bonchev–Trinajstić information content (AvgIpc) is 3.17. The number of methoxy groups -OCH3 is 1. The van der Waals surface area contributed by atoms with Gasteiger partial charge in [-0.25, -0.2) is 9.59 Å². The Labute approximate surface area is 153 Å². The first-order valence-electron chi connectivity index (χ1n) is 8.93. The van der Waals surface area contributed by atoms with Crippen LogP contribution in [0.4, 0.5) is 0 Å². The van der Waals surface area contributed by atoms with Crippen LogP contribution in [0.15, 0.2) is 15.3 Å². The standard InChI is InChI=1S/C19H18O8/c1-3-23-12-6-9-14-11(25-19(9)26-12)7-10(22-2)13-8-4-5-24-17(20)15(8)18(21)27-16(13)14/h7,9,12,19H,3-6H2,1-2H3. The van der Waals surface area contributed by atoms with Gasteiger partial charge in [0.2, 0.25) is 6.29 Å². The third-order valence-corrected chi connectivity index (χ3v) is 5.28. The van der Waals surface area contributed by atoms with Crippen molar-refractivity contribution in [1.29, 1.82) is 0 Å². The summed E-state index contributed by atoms with van der Waals surface area (Å²) in [4.78, 5) is 24.6. The fourth-order valence-electron chi connectivity index (χ4n) is 4.20. The molecule has 3 aliphatic heterocycles. The maximum absolute atomic E-state index is 12.5. The van der Waals surface area contributed by atoms with Gasteiger partial charge in [0.05, 0.1) is 25.0 Å². The molecule has 27 heavy (non-hydrogen) atoms. The van der Waals surface area contributed by atoms with E-state index in [0.717, 1.165) is 5.56 Å². The highest BCUT2D eigenvalue weighted by Gasteiger charge is 2.47. The minimum absolute atomic E-state index is 0.0580. The van der Waals surface area contributed by atoms with E-state index in [-0.39, 0.29) is 24.4 Å². The van der Waals surface area contributed by atoms with Crippen LogP contribution in [0.25, 0.3) is 11.0 Å². The van der Waals surface area contributed by atoms with Gasteiger partial charge in [-0.15, -0.1) is 0 Å². The molecule has 0 aliphatic carbocycles. The van der Waals surface area contributed by atoms with E-state index >= 15 is 0 Å². The zero-order valence-corrected chi connectivity index (χ0v) is 14.9. The van der Waals surface area contributed by atoms with Crippen molar-refractivity contribution >= 4 is 16.9 Å². The summed E-state index contributed by atoms with van der Waals surface area (Å²) in [5.41, 5.74) is 0.979. The molecule has 8 nitrogen and oxygen atoms in total. The Kier molecular flexibility index (Phi) is 3.66. The summed E-state index contributed by atoms with van der Waals surface area (Å²) in [7, 11) is 1.53. The van der Waals surface area contributed by atoms with Crippen LogP contribution < -0.4 is 15.1 Å². The van der Waals surface area contributed by atoms with E-state index in [9.17, 15) is 9.59 Å².